The van der Waals surface area contributed by atoms with Crippen molar-refractivity contribution in [2.75, 3.05) is 26.2 Å². The molecule has 7 heteroatoms. The largest absolute Gasteiger partial charge is 0.393 e. The van der Waals surface area contributed by atoms with Gasteiger partial charge in [-0.25, -0.2) is 0 Å². The predicted molar refractivity (Wildman–Crippen MR) is 90.0 cm³/mol. The van der Waals surface area contributed by atoms with Crippen LogP contribution in [0, 0.1) is 11.3 Å². The number of nitrogens with two attached hydrogens (primary N) is 1. The number of piperidine rings is 2. The zero-order valence-corrected chi connectivity index (χ0v) is 13.9. The van der Waals surface area contributed by atoms with Gasteiger partial charge in [-0.3, -0.25) is 0 Å². The number of aliphatic hydroxyl groups excluding tert-OH is 2. The van der Waals surface area contributed by atoms with Crippen molar-refractivity contribution in [3.05, 3.63) is 11.3 Å². The topological polar surface area (TPSA) is 106 Å². The summed E-state index contributed by atoms with van der Waals surface area (Å²) < 4.78 is 0. The van der Waals surface area contributed by atoms with Crippen LogP contribution >= 0.6 is 12.2 Å². The van der Waals surface area contributed by atoms with E-state index in [-0.39, 0.29) is 17.2 Å². The molecule has 22 heavy (non-hydrogen) atoms. The van der Waals surface area contributed by atoms with Crippen LogP contribution < -0.4 is 11.1 Å². The van der Waals surface area contributed by atoms with Gasteiger partial charge >= 0.3 is 0 Å². The van der Waals surface area contributed by atoms with Crippen molar-refractivity contribution in [2.24, 2.45) is 5.73 Å². The molecule has 0 radical (unpaired) electrons. The molecule has 0 atom stereocenters. The maximum Gasteiger partial charge on any atom is 0.116 e. The average molecular weight is 326 g/mol. The van der Waals surface area contributed by atoms with Crippen molar-refractivity contribution in [2.45, 2.75) is 44.8 Å². The Bertz CT molecular complexity index is 433. The van der Waals surface area contributed by atoms with Gasteiger partial charge in [-0.05, 0) is 45.7 Å². The number of hydrogen-bond acceptors (Lipinski definition) is 6. The fraction of sp³-hybridized carbons (Fsp3) is 0.733. The lowest BCUT2D eigenvalue weighted by atomic mass is 10.1. The first-order valence-corrected chi connectivity index (χ1v) is 8.09. The first kappa shape index (κ1) is 18.8. The maximum absolute atomic E-state index is 9.36. The lowest BCUT2D eigenvalue weighted by Crippen LogP contribution is -2.35. The van der Waals surface area contributed by atoms with Crippen LogP contribution in [0.2, 0.25) is 0 Å². The van der Waals surface area contributed by atoms with E-state index < -0.39 is 0 Å². The van der Waals surface area contributed by atoms with Crippen LogP contribution in [0.3, 0.4) is 0 Å². The van der Waals surface area contributed by atoms with Gasteiger partial charge in [0.1, 0.15) is 16.6 Å². The number of rotatable bonds is 2. The van der Waals surface area contributed by atoms with E-state index >= 15 is 0 Å². The summed E-state index contributed by atoms with van der Waals surface area (Å²) in [6.45, 7) is 5.32. The Morgan fingerprint density at radius 3 is 2.05 bits per heavy atom. The minimum absolute atomic E-state index is 0.0266. The number of likely N-dealkylation sites (tertiary alicyclic amines) is 1. The molecule has 0 amide bonds. The first-order chi connectivity index (χ1) is 10.5. The Balaban J connectivity index is 0.000000287. The van der Waals surface area contributed by atoms with E-state index in [0.717, 1.165) is 57.6 Å². The highest BCUT2D eigenvalue weighted by molar-refractivity contribution is 7.80. The molecule has 6 nitrogen and oxygen atoms in total. The van der Waals surface area contributed by atoms with Crippen molar-refractivity contribution >= 4 is 17.2 Å². The van der Waals surface area contributed by atoms with Gasteiger partial charge in [0.25, 0.3) is 0 Å². The summed E-state index contributed by atoms with van der Waals surface area (Å²) >= 11 is 4.81. The number of aliphatic hydroxyl groups is 2. The maximum atomic E-state index is 9.36. The van der Waals surface area contributed by atoms with Gasteiger partial charge in [0, 0.05) is 18.8 Å². The smallest absolute Gasteiger partial charge is 0.116 e. The molecule has 2 saturated heterocycles. The second-order valence-electron chi connectivity index (χ2n) is 5.64. The van der Waals surface area contributed by atoms with Crippen LogP contribution in [-0.2, 0) is 0 Å². The molecule has 0 aromatic heterocycles. The second kappa shape index (κ2) is 9.74. The molecule has 0 spiro atoms. The lowest BCUT2D eigenvalue weighted by Gasteiger charge is -2.32. The minimum atomic E-state index is -0.218. The Morgan fingerprint density at radius 1 is 1.18 bits per heavy atom. The molecule has 0 aromatic carbocycles. The second-order valence-corrected chi connectivity index (χ2v) is 6.08. The average Bonchev–Trinajstić information content (AvgIpc) is 2.49. The molecule has 2 aliphatic heterocycles. The summed E-state index contributed by atoms with van der Waals surface area (Å²) in [5.41, 5.74) is 6.65. The van der Waals surface area contributed by atoms with Gasteiger partial charge in [-0.2, -0.15) is 5.26 Å². The van der Waals surface area contributed by atoms with E-state index in [1.165, 1.54) is 0 Å². The van der Waals surface area contributed by atoms with Crippen LogP contribution in [0.15, 0.2) is 11.3 Å². The van der Waals surface area contributed by atoms with Crippen LogP contribution in [0.1, 0.15) is 32.6 Å². The van der Waals surface area contributed by atoms with Gasteiger partial charge < -0.3 is 26.2 Å². The highest BCUT2D eigenvalue weighted by Crippen LogP contribution is 2.17. The normalized spacial score (nSPS) is 21.3. The molecule has 0 aromatic rings. The highest BCUT2D eigenvalue weighted by atomic mass is 32.1. The molecule has 0 bridgehead atoms. The number of nitriles is 1. The highest BCUT2D eigenvalue weighted by Gasteiger charge is 2.19. The van der Waals surface area contributed by atoms with Crippen LogP contribution in [0.5, 0.6) is 0 Å². The molecule has 124 valence electrons. The summed E-state index contributed by atoms with van der Waals surface area (Å²) in [7, 11) is 0. The Labute approximate surface area is 137 Å². The van der Waals surface area contributed by atoms with Crippen molar-refractivity contribution < 1.29 is 10.2 Å². The molecule has 0 aliphatic carbocycles. The summed E-state index contributed by atoms with van der Waals surface area (Å²) in [6.07, 6.45) is 3.08. The van der Waals surface area contributed by atoms with E-state index in [9.17, 15) is 5.11 Å². The van der Waals surface area contributed by atoms with Gasteiger partial charge in [0.2, 0.25) is 0 Å². The summed E-state index contributed by atoms with van der Waals surface area (Å²) in [6, 6.07) is 2.02. The summed E-state index contributed by atoms with van der Waals surface area (Å²) in [4.78, 5) is 2.19. The van der Waals surface area contributed by atoms with Crippen molar-refractivity contribution in [3.8, 4) is 6.07 Å². The monoisotopic (exact) mass is 326 g/mol. The number of thiocarbonyl (C=S) groups is 1. The molecular formula is C15H26N4O2S. The van der Waals surface area contributed by atoms with Crippen LogP contribution in [-0.4, -0.2) is 58.5 Å². The fourth-order valence-electron chi connectivity index (χ4n) is 2.48. The van der Waals surface area contributed by atoms with Crippen molar-refractivity contribution in [1.82, 2.24) is 10.2 Å². The lowest BCUT2D eigenvalue weighted by molar-refractivity contribution is 0.0970. The summed E-state index contributed by atoms with van der Waals surface area (Å²) in [5, 5.41) is 30.3. The van der Waals surface area contributed by atoms with Crippen molar-refractivity contribution in [1.29, 1.82) is 5.26 Å². The third-order valence-electron chi connectivity index (χ3n) is 3.97. The number of allylic oxidation sites excluding steroid dienone is 1. The molecule has 2 rings (SSSR count). The van der Waals surface area contributed by atoms with Crippen LogP contribution in [0.25, 0.3) is 0 Å². The SMILES string of the molecule is C/C(=C(\C#N)C(N)=S)N1CCC(O)CC1.OC1CCNCC1. The van der Waals surface area contributed by atoms with Gasteiger partial charge in [-0.1, -0.05) is 12.2 Å². The third-order valence-corrected chi connectivity index (χ3v) is 4.17. The molecular weight excluding hydrogens is 300 g/mol. The van der Waals surface area contributed by atoms with E-state index in [4.69, 9.17) is 28.3 Å². The van der Waals surface area contributed by atoms with Gasteiger partial charge in [0.05, 0.1) is 12.2 Å². The zero-order chi connectivity index (χ0) is 16.5. The van der Waals surface area contributed by atoms with E-state index in [2.05, 4.69) is 5.32 Å². The minimum Gasteiger partial charge on any atom is -0.393 e. The van der Waals surface area contributed by atoms with E-state index in [1.54, 1.807) is 0 Å². The van der Waals surface area contributed by atoms with Gasteiger partial charge in [0.15, 0.2) is 0 Å². The van der Waals surface area contributed by atoms with Gasteiger partial charge in [-0.15, -0.1) is 0 Å². The molecule has 2 aliphatic rings. The quantitative estimate of drug-likeness (QED) is 0.328. The number of nitrogens with one attached hydrogen (secondary N) is 1. The first-order valence-electron chi connectivity index (χ1n) is 7.68. The molecule has 5 N–H and O–H groups in total. The standard InChI is InChI=1S/C10H15N3OS.C5H11NO/c1-7(9(6-11)10(12)15)13-4-2-8(14)3-5-13;7-5-1-3-6-4-2-5/h8,14H,2-5H2,1H3,(H2,12,15);5-7H,1-4H2/b9-7-;. The number of nitrogens with zero attached hydrogens (tertiary/aromatic N) is 2. The van der Waals surface area contributed by atoms with E-state index in [1.807, 2.05) is 17.9 Å². The Kier molecular flexibility index (Phi) is 8.35. The predicted octanol–water partition coefficient (Wildman–Crippen LogP) is 0.257. The zero-order valence-electron chi connectivity index (χ0n) is 13.1. The number of hydrogen-bond donors (Lipinski definition) is 4. The fourth-order valence-corrected chi connectivity index (χ4v) is 2.67. The molecule has 0 saturated carbocycles. The van der Waals surface area contributed by atoms with Crippen molar-refractivity contribution in [3.63, 3.8) is 0 Å². The Hall–Kier alpha value is -1.20. The van der Waals surface area contributed by atoms with E-state index in [0.29, 0.717) is 5.57 Å². The summed E-state index contributed by atoms with van der Waals surface area (Å²) in [5.74, 6) is 0. The Morgan fingerprint density at radius 2 is 1.68 bits per heavy atom. The molecule has 0 unspecified atom stereocenters. The van der Waals surface area contributed by atoms with Crippen LogP contribution in [0.4, 0.5) is 0 Å². The molecule has 2 heterocycles. The third kappa shape index (κ3) is 6.28. The molecule has 2 fully saturated rings.